The lowest BCUT2D eigenvalue weighted by molar-refractivity contribution is 0.0974. The summed E-state index contributed by atoms with van der Waals surface area (Å²) in [5, 5.41) is 11.8. The number of aromatic amines is 2. The number of H-pyrrole nitrogens is 2. The van der Waals surface area contributed by atoms with Crippen molar-refractivity contribution in [1.29, 1.82) is 0 Å². The lowest BCUT2D eigenvalue weighted by Gasteiger charge is -2.41. The molecule has 0 aromatic carbocycles. The average Bonchev–Trinajstić information content (AvgIpc) is 3.50. The van der Waals surface area contributed by atoms with Gasteiger partial charge in [0, 0.05) is 42.3 Å². The van der Waals surface area contributed by atoms with E-state index in [1.807, 2.05) is 24.5 Å². The Morgan fingerprint density at radius 2 is 2.10 bits per heavy atom. The van der Waals surface area contributed by atoms with Crippen molar-refractivity contribution in [2.24, 2.45) is 11.1 Å². The summed E-state index contributed by atoms with van der Waals surface area (Å²) < 4.78 is 5.83. The summed E-state index contributed by atoms with van der Waals surface area (Å²) in [5.74, 6) is 1.50. The molecule has 6 heterocycles. The predicted molar refractivity (Wildman–Crippen MR) is 118 cm³/mol. The van der Waals surface area contributed by atoms with Crippen molar-refractivity contribution in [3.8, 4) is 0 Å². The summed E-state index contributed by atoms with van der Waals surface area (Å²) in [7, 11) is 0. The second-order valence-electron chi connectivity index (χ2n) is 8.61. The third-order valence-electron chi connectivity index (χ3n) is 6.90. The van der Waals surface area contributed by atoms with Gasteiger partial charge in [-0.25, -0.2) is 15.0 Å². The summed E-state index contributed by atoms with van der Waals surface area (Å²) in [6.45, 7) is 4.62. The topological polar surface area (TPSA) is 134 Å². The number of rotatable bonds is 3. The van der Waals surface area contributed by atoms with Crippen LogP contribution in [-0.2, 0) is 4.74 Å². The smallest absolute Gasteiger partial charge is 0.180 e. The Labute approximate surface area is 178 Å². The van der Waals surface area contributed by atoms with Crippen molar-refractivity contribution >= 4 is 39.5 Å². The van der Waals surface area contributed by atoms with Gasteiger partial charge in [-0.05, 0) is 31.9 Å². The van der Waals surface area contributed by atoms with Gasteiger partial charge >= 0.3 is 0 Å². The summed E-state index contributed by atoms with van der Waals surface area (Å²) >= 11 is 0. The van der Waals surface area contributed by atoms with Crippen LogP contribution >= 0.6 is 0 Å². The van der Waals surface area contributed by atoms with Crippen molar-refractivity contribution in [2.75, 3.05) is 29.9 Å². The predicted octanol–water partition coefficient (Wildman–Crippen LogP) is 2.31. The first-order valence-corrected chi connectivity index (χ1v) is 10.7. The van der Waals surface area contributed by atoms with Crippen LogP contribution in [0.4, 0.5) is 17.3 Å². The van der Waals surface area contributed by atoms with Gasteiger partial charge in [-0.1, -0.05) is 0 Å². The lowest BCUT2D eigenvalue weighted by Crippen LogP contribution is -2.50. The van der Waals surface area contributed by atoms with E-state index < -0.39 is 0 Å². The molecule has 2 atom stereocenters. The molecule has 2 fully saturated rings. The van der Waals surface area contributed by atoms with Gasteiger partial charge in [-0.2, -0.15) is 5.10 Å². The van der Waals surface area contributed by atoms with Crippen molar-refractivity contribution in [3.63, 3.8) is 0 Å². The fraction of sp³-hybridized carbons (Fsp3) is 0.429. The SMILES string of the molecule is C[C@@H]1OCC2(CCN(c3cnc4c(Nc5ccnc6[nH]ccc56)n[nH]c4n3)CC2)[C@@H]1N. The van der Waals surface area contributed by atoms with Crippen molar-refractivity contribution in [2.45, 2.75) is 31.9 Å². The maximum atomic E-state index is 6.44. The van der Waals surface area contributed by atoms with Crippen LogP contribution in [0.15, 0.2) is 30.7 Å². The zero-order chi connectivity index (χ0) is 21.0. The van der Waals surface area contributed by atoms with Crippen LogP contribution in [0.1, 0.15) is 19.8 Å². The highest BCUT2D eigenvalue weighted by molar-refractivity contribution is 5.94. The first-order valence-electron chi connectivity index (χ1n) is 10.7. The third kappa shape index (κ3) is 2.94. The van der Waals surface area contributed by atoms with Crippen LogP contribution in [0.25, 0.3) is 22.2 Å². The number of nitrogens with two attached hydrogens (primary N) is 1. The summed E-state index contributed by atoms with van der Waals surface area (Å²) in [6.07, 6.45) is 7.58. The lowest BCUT2D eigenvalue weighted by atomic mass is 9.73. The number of ether oxygens (including phenoxy) is 1. The minimum absolute atomic E-state index is 0.0899. The molecule has 1 spiro atoms. The Bertz CT molecular complexity index is 1240. The van der Waals surface area contributed by atoms with Gasteiger partial charge in [0.15, 0.2) is 17.0 Å². The summed E-state index contributed by atoms with van der Waals surface area (Å²) in [4.78, 5) is 19.2. The molecule has 10 heteroatoms. The van der Waals surface area contributed by atoms with Crippen LogP contribution < -0.4 is 16.0 Å². The molecular formula is C21H25N9O. The van der Waals surface area contributed by atoms with Crippen LogP contribution in [0.5, 0.6) is 0 Å². The quantitative estimate of drug-likeness (QED) is 0.397. The number of pyridine rings is 1. The fourth-order valence-electron chi connectivity index (χ4n) is 4.88. The molecule has 5 N–H and O–H groups in total. The zero-order valence-corrected chi connectivity index (χ0v) is 17.3. The van der Waals surface area contributed by atoms with E-state index in [9.17, 15) is 0 Å². The Kier molecular flexibility index (Phi) is 4.12. The Morgan fingerprint density at radius 3 is 2.90 bits per heavy atom. The number of fused-ring (bicyclic) bond motifs is 2. The molecule has 2 aliphatic heterocycles. The molecule has 0 aliphatic carbocycles. The molecule has 0 unspecified atom stereocenters. The van der Waals surface area contributed by atoms with E-state index >= 15 is 0 Å². The van der Waals surface area contributed by atoms with Crippen LogP contribution in [0, 0.1) is 5.41 Å². The molecule has 4 aromatic rings. The second-order valence-corrected chi connectivity index (χ2v) is 8.61. The molecule has 0 saturated carbocycles. The van der Waals surface area contributed by atoms with E-state index in [-0.39, 0.29) is 17.6 Å². The highest BCUT2D eigenvalue weighted by Gasteiger charge is 2.47. The number of aromatic nitrogens is 6. The minimum atomic E-state index is 0.0899. The highest BCUT2D eigenvalue weighted by atomic mass is 16.5. The Morgan fingerprint density at radius 1 is 1.23 bits per heavy atom. The molecule has 2 aliphatic rings. The second kappa shape index (κ2) is 6.89. The molecule has 2 saturated heterocycles. The number of hydrogen-bond acceptors (Lipinski definition) is 8. The van der Waals surface area contributed by atoms with Crippen LogP contribution in [0.2, 0.25) is 0 Å². The van der Waals surface area contributed by atoms with Crippen molar-refractivity contribution in [1.82, 2.24) is 30.1 Å². The molecule has 10 nitrogen and oxygen atoms in total. The molecule has 6 rings (SSSR count). The van der Waals surface area contributed by atoms with E-state index in [0.717, 1.165) is 55.1 Å². The number of anilines is 3. The molecule has 160 valence electrons. The molecule has 0 bridgehead atoms. The van der Waals surface area contributed by atoms with Gasteiger partial charge in [0.2, 0.25) is 0 Å². The fourth-order valence-corrected chi connectivity index (χ4v) is 4.88. The maximum Gasteiger partial charge on any atom is 0.180 e. The van der Waals surface area contributed by atoms with Gasteiger partial charge in [0.25, 0.3) is 0 Å². The largest absolute Gasteiger partial charge is 0.376 e. The number of hydrogen-bond donors (Lipinski definition) is 4. The third-order valence-corrected chi connectivity index (χ3v) is 6.90. The van der Waals surface area contributed by atoms with E-state index in [0.29, 0.717) is 17.0 Å². The minimum Gasteiger partial charge on any atom is -0.376 e. The van der Waals surface area contributed by atoms with Gasteiger partial charge in [0.05, 0.1) is 24.6 Å². The summed E-state index contributed by atoms with van der Waals surface area (Å²) in [5.41, 5.74) is 9.64. The van der Waals surface area contributed by atoms with E-state index in [1.165, 1.54) is 0 Å². The monoisotopic (exact) mass is 419 g/mol. The first-order chi connectivity index (χ1) is 15.1. The molecule has 31 heavy (non-hydrogen) atoms. The van der Waals surface area contributed by atoms with Gasteiger partial charge in [-0.3, -0.25) is 5.10 Å². The standard InChI is InChI=1S/C21H25N9O/c1-12-17(22)21(11-31-12)4-8-30(9-5-21)15-10-25-16-19(28-29-20(16)27-15)26-14-3-7-24-18-13(14)2-6-23-18/h2-3,6-7,10,12,17H,4-5,8-9,11,22H2,1H3,(H3,23,24,26,27,28,29)/t12-,17+/m0/s1. The zero-order valence-electron chi connectivity index (χ0n) is 17.3. The average molecular weight is 419 g/mol. The van der Waals surface area contributed by atoms with Gasteiger partial charge < -0.3 is 25.7 Å². The van der Waals surface area contributed by atoms with Crippen molar-refractivity contribution in [3.05, 3.63) is 30.7 Å². The van der Waals surface area contributed by atoms with Gasteiger partial charge in [0.1, 0.15) is 11.5 Å². The molecule has 0 amide bonds. The van der Waals surface area contributed by atoms with Crippen LogP contribution in [-0.4, -0.2) is 62.0 Å². The van der Waals surface area contributed by atoms with E-state index in [2.05, 4.69) is 42.3 Å². The van der Waals surface area contributed by atoms with Crippen LogP contribution in [0.3, 0.4) is 0 Å². The molecular weight excluding hydrogens is 394 g/mol. The number of nitrogens with one attached hydrogen (secondary N) is 3. The Balaban J connectivity index is 1.22. The molecule has 4 aromatic heterocycles. The normalized spacial score (nSPS) is 23.2. The number of nitrogens with zero attached hydrogens (tertiary/aromatic N) is 5. The highest BCUT2D eigenvalue weighted by Crippen LogP contribution is 2.41. The maximum absolute atomic E-state index is 6.44. The number of piperidine rings is 1. The Hall–Kier alpha value is -3.24. The first kappa shape index (κ1) is 18.5. The summed E-state index contributed by atoms with van der Waals surface area (Å²) in [6, 6.07) is 4.00. The van der Waals surface area contributed by atoms with Crippen molar-refractivity contribution < 1.29 is 4.74 Å². The van der Waals surface area contributed by atoms with E-state index in [4.69, 9.17) is 15.5 Å². The molecule has 0 radical (unpaired) electrons. The van der Waals surface area contributed by atoms with E-state index in [1.54, 1.807) is 6.20 Å². The van der Waals surface area contributed by atoms with Gasteiger partial charge in [-0.15, -0.1) is 0 Å².